The molecule has 8 nitrogen and oxygen atoms in total. The number of carbonyl (C=O) groups excluding carboxylic acids is 1. The minimum absolute atomic E-state index is 0.168. The third kappa shape index (κ3) is 4.76. The van der Waals surface area contributed by atoms with Gasteiger partial charge in [0, 0.05) is 38.1 Å². The quantitative estimate of drug-likeness (QED) is 0.534. The van der Waals surface area contributed by atoms with Gasteiger partial charge in [-0.2, -0.15) is 13.2 Å². The van der Waals surface area contributed by atoms with Crippen LogP contribution in [-0.2, 0) is 23.9 Å². The average Bonchev–Trinajstić information content (AvgIpc) is 3.08. The van der Waals surface area contributed by atoms with Gasteiger partial charge in [0.25, 0.3) is 5.56 Å². The Kier molecular flexibility index (Phi) is 6.48. The van der Waals surface area contributed by atoms with E-state index in [1.807, 2.05) is 11.8 Å². The van der Waals surface area contributed by atoms with E-state index in [4.69, 9.17) is 0 Å². The van der Waals surface area contributed by atoms with Crippen molar-refractivity contribution in [2.45, 2.75) is 26.1 Å². The summed E-state index contributed by atoms with van der Waals surface area (Å²) in [6.45, 7) is 4.70. The highest BCUT2D eigenvalue weighted by atomic mass is 79.9. The molecule has 1 saturated heterocycles. The van der Waals surface area contributed by atoms with Crippen LogP contribution in [0.25, 0.3) is 5.78 Å². The fourth-order valence-corrected chi connectivity index (χ4v) is 4.41. The zero-order valence-corrected chi connectivity index (χ0v) is 19.3. The summed E-state index contributed by atoms with van der Waals surface area (Å²) in [5, 5.41) is 5.84. The monoisotopic (exact) mass is 526 g/mol. The van der Waals surface area contributed by atoms with Gasteiger partial charge >= 0.3 is 6.18 Å². The molecule has 2 aromatic heterocycles. The topological polar surface area (TPSA) is 83.7 Å². The van der Waals surface area contributed by atoms with E-state index in [2.05, 4.69) is 31.5 Å². The summed E-state index contributed by atoms with van der Waals surface area (Å²) in [6, 6.07) is 4.21. The standard InChI is InChI=1S/C21H22BrF3N6O2/c1-2-15-18(29-9-7-26-8-10-29)19(33)31-16(22)11-30(20(31)28-15)12-17(32)27-14-5-3-13(4-6-14)21(23,24)25/h3-6,11,26H,2,7-10,12H2,1H3,(H,27,32). The van der Waals surface area contributed by atoms with Crippen LogP contribution in [0.5, 0.6) is 0 Å². The number of nitrogens with zero attached hydrogens (tertiary/aromatic N) is 4. The van der Waals surface area contributed by atoms with Gasteiger partial charge < -0.3 is 20.1 Å². The minimum Gasteiger partial charge on any atom is -0.363 e. The summed E-state index contributed by atoms with van der Waals surface area (Å²) in [6.07, 6.45) is -2.30. The van der Waals surface area contributed by atoms with Crippen LogP contribution in [0.15, 0.2) is 39.9 Å². The molecule has 3 heterocycles. The Morgan fingerprint density at radius 2 is 1.88 bits per heavy atom. The molecule has 1 aromatic carbocycles. The van der Waals surface area contributed by atoms with Crippen molar-refractivity contribution in [3.8, 4) is 0 Å². The molecule has 0 unspecified atom stereocenters. The minimum atomic E-state index is -4.45. The van der Waals surface area contributed by atoms with Crippen LogP contribution < -0.4 is 21.1 Å². The van der Waals surface area contributed by atoms with Crippen molar-refractivity contribution in [2.75, 3.05) is 36.4 Å². The number of nitrogens with one attached hydrogen (secondary N) is 2. The van der Waals surface area contributed by atoms with Gasteiger partial charge in [-0.1, -0.05) is 6.92 Å². The molecule has 3 aromatic rings. The lowest BCUT2D eigenvalue weighted by Gasteiger charge is -2.29. The second-order valence-corrected chi connectivity index (χ2v) is 8.45. The summed E-state index contributed by atoms with van der Waals surface area (Å²) >= 11 is 3.39. The molecule has 12 heteroatoms. The van der Waals surface area contributed by atoms with E-state index < -0.39 is 17.6 Å². The van der Waals surface area contributed by atoms with E-state index in [0.29, 0.717) is 41.3 Å². The van der Waals surface area contributed by atoms with Gasteiger partial charge in [0.05, 0.1) is 11.3 Å². The molecule has 1 aliphatic heterocycles. The molecular formula is C21H22BrF3N6O2. The van der Waals surface area contributed by atoms with Crippen LogP contribution in [0, 0.1) is 0 Å². The maximum absolute atomic E-state index is 13.4. The number of piperazine rings is 1. The maximum Gasteiger partial charge on any atom is 0.416 e. The number of aromatic nitrogens is 3. The molecule has 0 spiro atoms. The van der Waals surface area contributed by atoms with Crippen LogP contribution in [-0.4, -0.2) is 46.0 Å². The molecule has 0 radical (unpaired) electrons. The molecule has 1 aliphatic rings. The average molecular weight is 527 g/mol. The Hall–Kier alpha value is -2.86. The summed E-state index contributed by atoms with van der Waals surface area (Å²) in [4.78, 5) is 32.6. The molecule has 0 atom stereocenters. The van der Waals surface area contributed by atoms with Gasteiger partial charge in [0.1, 0.15) is 16.8 Å². The van der Waals surface area contributed by atoms with Crippen molar-refractivity contribution < 1.29 is 18.0 Å². The number of hydrogen-bond acceptors (Lipinski definition) is 5. The Bertz CT molecular complexity index is 1230. The Labute approximate surface area is 195 Å². The Morgan fingerprint density at radius 3 is 2.48 bits per heavy atom. The van der Waals surface area contributed by atoms with Gasteiger partial charge in [0.2, 0.25) is 11.7 Å². The summed E-state index contributed by atoms with van der Waals surface area (Å²) in [5.41, 5.74) is 0.439. The van der Waals surface area contributed by atoms with E-state index in [1.165, 1.54) is 21.1 Å². The summed E-state index contributed by atoms with van der Waals surface area (Å²) in [7, 11) is 0. The fraction of sp³-hybridized carbons (Fsp3) is 0.381. The van der Waals surface area contributed by atoms with Gasteiger partial charge in [-0.05, 0) is 46.6 Å². The molecule has 0 bridgehead atoms. The first kappa shape index (κ1) is 23.3. The lowest BCUT2D eigenvalue weighted by molar-refractivity contribution is -0.137. The van der Waals surface area contributed by atoms with Crippen LogP contribution in [0.3, 0.4) is 0 Å². The highest BCUT2D eigenvalue weighted by Crippen LogP contribution is 2.30. The van der Waals surface area contributed by atoms with E-state index in [-0.39, 0.29) is 17.8 Å². The third-order valence-electron chi connectivity index (χ3n) is 5.42. The van der Waals surface area contributed by atoms with E-state index in [9.17, 15) is 22.8 Å². The highest BCUT2D eigenvalue weighted by Gasteiger charge is 2.30. The van der Waals surface area contributed by atoms with Crippen molar-refractivity contribution in [1.29, 1.82) is 0 Å². The maximum atomic E-state index is 13.4. The number of benzene rings is 1. The molecule has 4 rings (SSSR count). The number of halogens is 4. The molecule has 176 valence electrons. The van der Waals surface area contributed by atoms with E-state index in [1.54, 1.807) is 6.20 Å². The number of aryl methyl sites for hydroxylation is 1. The lowest BCUT2D eigenvalue weighted by Crippen LogP contribution is -2.46. The zero-order chi connectivity index (χ0) is 23.8. The molecule has 0 saturated carbocycles. The van der Waals surface area contributed by atoms with Crippen molar-refractivity contribution in [2.24, 2.45) is 0 Å². The molecule has 2 N–H and O–H groups in total. The van der Waals surface area contributed by atoms with Crippen LogP contribution in [0.1, 0.15) is 18.2 Å². The fourth-order valence-electron chi connectivity index (χ4n) is 3.84. The smallest absolute Gasteiger partial charge is 0.363 e. The van der Waals surface area contributed by atoms with Crippen LogP contribution in [0.2, 0.25) is 0 Å². The first-order valence-electron chi connectivity index (χ1n) is 10.4. The first-order valence-corrected chi connectivity index (χ1v) is 11.2. The summed E-state index contributed by atoms with van der Waals surface area (Å²) in [5.74, 6) is -0.150. The molecule has 0 aliphatic carbocycles. The number of amides is 1. The SMILES string of the molecule is CCc1nc2n(CC(=O)Nc3ccc(C(F)(F)F)cc3)cc(Br)n2c(=O)c1N1CCNCC1. The number of alkyl halides is 3. The number of carbonyl (C=O) groups is 1. The predicted molar refractivity (Wildman–Crippen MR) is 122 cm³/mol. The largest absolute Gasteiger partial charge is 0.416 e. The van der Waals surface area contributed by atoms with Crippen molar-refractivity contribution in [3.63, 3.8) is 0 Å². The van der Waals surface area contributed by atoms with Crippen molar-refractivity contribution in [3.05, 3.63) is 56.7 Å². The summed E-state index contributed by atoms with van der Waals surface area (Å²) < 4.78 is 41.6. The molecular weight excluding hydrogens is 505 g/mol. The Balaban J connectivity index is 1.61. The number of hydrogen-bond donors (Lipinski definition) is 2. The van der Waals surface area contributed by atoms with Crippen molar-refractivity contribution >= 4 is 39.0 Å². The second kappa shape index (κ2) is 9.18. The molecule has 33 heavy (non-hydrogen) atoms. The number of imidazole rings is 1. The van der Waals surface area contributed by atoms with Gasteiger partial charge in [-0.15, -0.1) is 0 Å². The van der Waals surface area contributed by atoms with Gasteiger partial charge in [-0.3, -0.25) is 9.59 Å². The Morgan fingerprint density at radius 1 is 1.21 bits per heavy atom. The van der Waals surface area contributed by atoms with Crippen molar-refractivity contribution in [1.82, 2.24) is 19.3 Å². The third-order valence-corrected chi connectivity index (χ3v) is 5.98. The van der Waals surface area contributed by atoms with Gasteiger partial charge in [0.15, 0.2) is 0 Å². The number of anilines is 2. The van der Waals surface area contributed by atoms with Crippen LogP contribution in [0.4, 0.5) is 24.5 Å². The highest BCUT2D eigenvalue weighted by molar-refractivity contribution is 9.10. The molecule has 1 amide bonds. The zero-order valence-electron chi connectivity index (χ0n) is 17.7. The normalized spacial score (nSPS) is 14.6. The first-order chi connectivity index (χ1) is 15.7. The second-order valence-electron chi connectivity index (χ2n) is 7.64. The van der Waals surface area contributed by atoms with Gasteiger partial charge in [-0.25, -0.2) is 9.38 Å². The lowest BCUT2D eigenvalue weighted by atomic mass is 10.2. The predicted octanol–water partition coefficient (Wildman–Crippen LogP) is 2.89. The number of fused-ring (bicyclic) bond motifs is 1. The van der Waals surface area contributed by atoms with Crippen LogP contribution >= 0.6 is 15.9 Å². The number of rotatable bonds is 5. The van der Waals surface area contributed by atoms with E-state index in [0.717, 1.165) is 25.2 Å². The molecule has 1 fully saturated rings. The van der Waals surface area contributed by atoms with E-state index >= 15 is 0 Å².